The highest BCUT2D eigenvalue weighted by atomic mass is 35.5. The van der Waals surface area contributed by atoms with E-state index in [1.165, 1.54) is 29.0 Å². The number of benzene rings is 1. The minimum absolute atomic E-state index is 0.0261. The van der Waals surface area contributed by atoms with E-state index in [0.29, 0.717) is 22.4 Å². The van der Waals surface area contributed by atoms with Gasteiger partial charge in [-0.2, -0.15) is 11.3 Å². The van der Waals surface area contributed by atoms with Gasteiger partial charge in [0.2, 0.25) is 0 Å². The molecule has 0 aliphatic heterocycles. The Balaban J connectivity index is 1.74. The Hall–Kier alpha value is -1.70. The molecule has 138 valence electrons. The second-order valence-electron chi connectivity index (χ2n) is 6.08. The third kappa shape index (κ3) is 5.16. The van der Waals surface area contributed by atoms with Gasteiger partial charge in [-0.1, -0.05) is 22.9 Å². The van der Waals surface area contributed by atoms with Gasteiger partial charge in [0.15, 0.2) is 16.7 Å². The molecule has 0 radical (unpaired) electrons. The molecule has 8 heteroatoms. The van der Waals surface area contributed by atoms with E-state index in [0.717, 1.165) is 12.5 Å². The van der Waals surface area contributed by atoms with Gasteiger partial charge in [-0.25, -0.2) is 13.8 Å². The highest BCUT2D eigenvalue weighted by Crippen LogP contribution is 2.28. The number of halogens is 3. The summed E-state index contributed by atoms with van der Waals surface area (Å²) in [6, 6.07) is 5.37. The maximum atomic E-state index is 14.0. The van der Waals surface area contributed by atoms with Crippen molar-refractivity contribution in [2.45, 2.75) is 25.4 Å². The molecule has 0 amide bonds. The lowest BCUT2D eigenvalue weighted by atomic mass is 9.97. The molecule has 3 rings (SSSR count). The molecule has 26 heavy (non-hydrogen) atoms. The van der Waals surface area contributed by atoms with Crippen molar-refractivity contribution >= 4 is 39.4 Å². The van der Waals surface area contributed by atoms with Crippen LogP contribution in [-0.2, 0) is 6.42 Å². The lowest BCUT2D eigenvalue weighted by Crippen LogP contribution is -2.40. The standard InChI is InChI=1S/C18H17ClF2N2OS2/c1-18(6-4-12-5-7-25-10-12,11-23-17-22-9-16(19)26-17)24-15-3-2-13(20)8-14(15)21/h2-3,5,7-10H,4,6,11H2,1H3,(H,22,23). The SMILES string of the molecule is CC(CCc1ccsc1)(CNc1ncc(Cl)s1)Oc1ccc(F)cc1F. The second-order valence-corrected chi connectivity index (χ2v) is 8.52. The van der Waals surface area contributed by atoms with Crippen LogP contribution < -0.4 is 10.1 Å². The number of anilines is 1. The fourth-order valence-corrected chi connectivity index (χ4v) is 3.95. The van der Waals surface area contributed by atoms with E-state index in [4.69, 9.17) is 16.3 Å². The van der Waals surface area contributed by atoms with Crippen molar-refractivity contribution in [1.82, 2.24) is 4.98 Å². The Morgan fingerprint density at radius 1 is 1.31 bits per heavy atom. The molecule has 0 aliphatic carbocycles. The summed E-state index contributed by atoms with van der Waals surface area (Å²) in [4.78, 5) is 4.16. The average Bonchev–Trinajstić information content (AvgIpc) is 3.26. The Kier molecular flexibility index (Phi) is 6.11. The van der Waals surface area contributed by atoms with Crippen LogP contribution in [0.2, 0.25) is 4.34 Å². The molecule has 0 aliphatic rings. The Labute approximate surface area is 163 Å². The zero-order chi connectivity index (χ0) is 18.6. The summed E-state index contributed by atoms with van der Waals surface area (Å²) in [6.07, 6.45) is 2.99. The molecule has 3 nitrogen and oxygen atoms in total. The van der Waals surface area contributed by atoms with Gasteiger partial charge >= 0.3 is 0 Å². The fourth-order valence-electron chi connectivity index (χ4n) is 2.44. The Bertz CT molecular complexity index is 857. The lowest BCUT2D eigenvalue weighted by Gasteiger charge is -2.31. The molecule has 0 spiro atoms. The Morgan fingerprint density at radius 3 is 2.81 bits per heavy atom. The van der Waals surface area contributed by atoms with Crippen LogP contribution in [0.4, 0.5) is 13.9 Å². The van der Waals surface area contributed by atoms with Crippen molar-refractivity contribution in [1.29, 1.82) is 0 Å². The van der Waals surface area contributed by atoms with Crippen molar-refractivity contribution in [3.8, 4) is 5.75 Å². The molecule has 0 bridgehead atoms. The number of nitrogens with zero attached hydrogens (tertiary/aromatic N) is 1. The molecular weight excluding hydrogens is 398 g/mol. The quantitative estimate of drug-likeness (QED) is 0.489. The minimum atomic E-state index is -0.723. The molecule has 1 N–H and O–H groups in total. The first-order valence-corrected chi connectivity index (χ1v) is 10.1. The van der Waals surface area contributed by atoms with E-state index < -0.39 is 17.2 Å². The third-order valence-corrected chi connectivity index (χ3v) is 5.67. The third-order valence-electron chi connectivity index (χ3n) is 3.86. The van der Waals surface area contributed by atoms with E-state index in [-0.39, 0.29) is 5.75 Å². The molecule has 2 heterocycles. The predicted octanol–water partition coefficient (Wildman–Crippen LogP) is 6.02. The van der Waals surface area contributed by atoms with Crippen LogP contribution in [0.1, 0.15) is 18.9 Å². The van der Waals surface area contributed by atoms with E-state index >= 15 is 0 Å². The number of thiophene rings is 1. The molecule has 2 aromatic heterocycles. The van der Waals surface area contributed by atoms with E-state index in [9.17, 15) is 8.78 Å². The number of ether oxygens (including phenoxy) is 1. The van der Waals surface area contributed by atoms with Crippen LogP contribution in [-0.4, -0.2) is 17.1 Å². The molecule has 1 aromatic carbocycles. The van der Waals surface area contributed by atoms with Gasteiger partial charge in [-0.15, -0.1) is 0 Å². The van der Waals surface area contributed by atoms with Crippen molar-refractivity contribution in [2.24, 2.45) is 0 Å². The first-order chi connectivity index (χ1) is 12.4. The normalized spacial score (nSPS) is 13.4. The maximum absolute atomic E-state index is 14.0. The molecule has 1 unspecified atom stereocenters. The van der Waals surface area contributed by atoms with E-state index in [1.807, 2.05) is 12.3 Å². The minimum Gasteiger partial charge on any atom is -0.483 e. The number of nitrogens with one attached hydrogen (secondary N) is 1. The van der Waals surface area contributed by atoms with Gasteiger partial charge in [0, 0.05) is 6.07 Å². The lowest BCUT2D eigenvalue weighted by molar-refractivity contribution is 0.0875. The number of thiazole rings is 1. The van der Waals surface area contributed by atoms with Gasteiger partial charge in [-0.05, 0) is 54.3 Å². The largest absolute Gasteiger partial charge is 0.483 e. The molecular formula is C18H17ClF2N2OS2. The number of rotatable bonds is 8. The number of aromatic nitrogens is 1. The van der Waals surface area contributed by atoms with E-state index in [1.54, 1.807) is 17.5 Å². The van der Waals surface area contributed by atoms with E-state index in [2.05, 4.69) is 21.7 Å². The number of hydrogen-bond acceptors (Lipinski definition) is 5. The van der Waals surface area contributed by atoms with Crippen molar-refractivity contribution in [2.75, 3.05) is 11.9 Å². The average molecular weight is 415 g/mol. The Morgan fingerprint density at radius 2 is 2.15 bits per heavy atom. The predicted molar refractivity (Wildman–Crippen MR) is 104 cm³/mol. The molecule has 1 atom stereocenters. The van der Waals surface area contributed by atoms with Crippen molar-refractivity contribution in [3.63, 3.8) is 0 Å². The van der Waals surface area contributed by atoms with Gasteiger partial charge in [0.1, 0.15) is 15.8 Å². The summed E-state index contributed by atoms with van der Waals surface area (Å²) in [6.45, 7) is 2.29. The van der Waals surface area contributed by atoms with Crippen LogP contribution in [0.5, 0.6) is 5.75 Å². The summed E-state index contributed by atoms with van der Waals surface area (Å²) in [5, 5.41) is 7.95. The molecule has 0 saturated carbocycles. The number of hydrogen-bond donors (Lipinski definition) is 1. The molecule has 3 aromatic rings. The highest BCUT2D eigenvalue weighted by Gasteiger charge is 2.28. The zero-order valence-corrected chi connectivity index (χ0v) is 16.4. The topological polar surface area (TPSA) is 34.2 Å². The fraction of sp³-hybridized carbons (Fsp3) is 0.278. The summed E-state index contributed by atoms with van der Waals surface area (Å²) >= 11 is 8.86. The van der Waals surface area contributed by atoms with Gasteiger partial charge < -0.3 is 10.1 Å². The van der Waals surface area contributed by atoms with Crippen LogP contribution >= 0.6 is 34.3 Å². The number of aryl methyl sites for hydroxylation is 1. The van der Waals surface area contributed by atoms with Crippen LogP contribution in [0, 0.1) is 11.6 Å². The highest BCUT2D eigenvalue weighted by molar-refractivity contribution is 7.19. The zero-order valence-electron chi connectivity index (χ0n) is 14.0. The first-order valence-electron chi connectivity index (χ1n) is 7.94. The summed E-state index contributed by atoms with van der Waals surface area (Å²) < 4.78 is 33.7. The summed E-state index contributed by atoms with van der Waals surface area (Å²) in [5.74, 6) is -1.33. The smallest absolute Gasteiger partial charge is 0.184 e. The second kappa shape index (κ2) is 8.33. The van der Waals surface area contributed by atoms with Crippen LogP contribution in [0.15, 0.2) is 41.2 Å². The first kappa shape index (κ1) is 19.1. The van der Waals surface area contributed by atoms with Crippen LogP contribution in [0.3, 0.4) is 0 Å². The van der Waals surface area contributed by atoms with Gasteiger partial charge in [-0.3, -0.25) is 0 Å². The monoisotopic (exact) mass is 414 g/mol. The van der Waals surface area contributed by atoms with Gasteiger partial charge in [0.25, 0.3) is 0 Å². The summed E-state index contributed by atoms with van der Waals surface area (Å²) in [7, 11) is 0. The molecule has 0 saturated heterocycles. The van der Waals surface area contributed by atoms with Crippen LogP contribution in [0.25, 0.3) is 0 Å². The van der Waals surface area contributed by atoms with Gasteiger partial charge in [0.05, 0.1) is 12.7 Å². The van der Waals surface area contributed by atoms with Crippen molar-refractivity contribution < 1.29 is 13.5 Å². The maximum Gasteiger partial charge on any atom is 0.184 e. The van der Waals surface area contributed by atoms with Crippen molar-refractivity contribution in [3.05, 3.63) is 62.8 Å². The summed E-state index contributed by atoms with van der Waals surface area (Å²) in [5.41, 5.74) is 0.473. The molecule has 0 fully saturated rings.